The van der Waals surface area contributed by atoms with Crippen LogP contribution in [0.5, 0.6) is 5.75 Å². The summed E-state index contributed by atoms with van der Waals surface area (Å²) in [6.07, 6.45) is 7.16. The van der Waals surface area contributed by atoms with Crippen LogP contribution in [0.25, 0.3) is 0 Å². The molecule has 4 bridgehead atoms. The smallest absolute Gasteiger partial charge is 0.347 e. The summed E-state index contributed by atoms with van der Waals surface area (Å²) in [6, 6.07) is 8.13. The Morgan fingerprint density at radius 3 is 2.12 bits per heavy atom. The van der Waals surface area contributed by atoms with Gasteiger partial charge >= 0.3 is 5.97 Å². The van der Waals surface area contributed by atoms with Gasteiger partial charge in [-0.25, -0.2) is 4.79 Å². The van der Waals surface area contributed by atoms with Crippen molar-refractivity contribution < 1.29 is 14.3 Å². The minimum absolute atomic E-state index is 0.133. The van der Waals surface area contributed by atoms with E-state index in [0.717, 1.165) is 24.0 Å². The van der Waals surface area contributed by atoms with Crippen LogP contribution in [0.15, 0.2) is 24.3 Å². The molecule has 3 nitrogen and oxygen atoms in total. The monoisotopic (exact) mass is 356 g/mol. The van der Waals surface area contributed by atoms with Crippen molar-refractivity contribution >= 4 is 5.97 Å². The van der Waals surface area contributed by atoms with Gasteiger partial charge in [0.25, 0.3) is 0 Å². The Morgan fingerprint density at radius 2 is 1.58 bits per heavy atom. The predicted octanol–water partition coefficient (Wildman–Crippen LogP) is 5.34. The Labute approximate surface area is 157 Å². The molecule has 26 heavy (non-hydrogen) atoms. The van der Waals surface area contributed by atoms with Crippen molar-refractivity contribution in [3.05, 3.63) is 29.8 Å². The van der Waals surface area contributed by atoms with Crippen molar-refractivity contribution in [2.75, 3.05) is 0 Å². The SMILES string of the molecule is CCC(C)c1ccc(OC(C)C(=O)OC2C3CC4CC(C3)CC2C4)cc1. The van der Waals surface area contributed by atoms with Gasteiger partial charge in [0.05, 0.1) is 0 Å². The molecule has 0 N–H and O–H groups in total. The fraction of sp³-hybridized carbons (Fsp3) is 0.696. The molecule has 1 aromatic carbocycles. The molecular weight excluding hydrogens is 324 g/mol. The summed E-state index contributed by atoms with van der Waals surface area (Å²) < 4.78 is 11.8. The molecule has 0 saturated heterocycles. The molecule has 142 valence electrons. The van der Waals surface area contributed by atoms with Gasteiger partial charge in [-0.2, -0.15) is 0 Å². The summed E-state index contributed by atoms with van der Waals surface area (Å²) in [5.74, 6) is 4.06. The average Bonchev–Trinajstić information content (AvgIpc) is 2.63. The van der Waals surface area contributed by atoms with Crippen LogP contribution in [0.1, 0.15) is 70.8 Å². The lowest BCUT2D eigenvalue weighted by Gasteiger charge is -2.53. The van der Waals surface area contributed by atoms with E-state index in [1.807, 2.05) is 12.1 Å². The first-order valence-corrected chi connectivity index (χ1v) is 10.5. The summed E-state index contributed by atoms with van der Waals surface area (Å²) >= 11 is 0. The number of benzene rings is 1. The van der Waals surface area contributed by atoms with Gasteiger partial charge in [-0.1, -0.05) is 26.0 Å². The van der Waals surface area contributed by atoms with E-state index in [9.17, 15) is 4.79 Å². The van der Waals surface area contributed by atoms with Crippen LogP contribution in [0.3, 0.4) is 0 Å². The van der Waals surface area contributed by atoms with Crippen LogP contribution in [-0.4, -0.2) is 18.2 Å². The highest BCUT2D eigenvalue weighted by Crippen LogP contribution is 2.54. The Kier molecular flexibility index (Phi) is 4.98. The van der Waals surface area contributed by atoms with E-state index in [1.54, 1.807) is 6.92 Å². The molecule has 4 aliphatic rings. The second kappa shape index (κ2) is 7.25. The van der Waals surface area contributed by atoms with E-state index in [1.165, 1.54) is 37.7 Å². The zero-order valence-electron chi connectivity index (χ0n) is 16.3. The van der Waals surface area contributed by atoms with E-state index in [2.05, 4.69) is 26.0 Å². The van der Waals surface area contributed by atoms with E-state index < -0.39 is 6.10 Å². The van der Waals surface area contributed by atoms with E-state index in [-0.39, 0.29) is 12.1 Å². The molecule has 0 radical (unpaired) electrons. The average molecular weight is 357 g/mol. The van der Waals surface area contributed by atoms with Crippen LogP contribution >= 0.6 is 0 Å². The highest BCUT2D eigenvalue weighted by molar-refractivity contribution is 5.75. The van der Waals surface area contributed by atoms with Crippen molar-refractivity contribution in [2.45, 2.75) is 77.4 Å². The molecule has 0 amide bonds. The second-order valence-corrected chi connectivity index (χ2v) is 8.97. The standard InChI is InChI=1S/C23H32O3/c1-4-14(2)18-5-7-21(8-6-18)25-15(3)23(24)26-22-19-10-16-9-17(12-19)13-20(22)11-16/h5-8,14-17,19-20,22H,4,9-13H2,1-3H3. The van der Waals surface area contributed by atoms with E-state index in [4.69, 9.17) is 9.47 Å². The normalized spacial score (nSPS) is 34.3. The first kappa shape index (κ1) is 17.9. The lowest BCUT2D eigenvalue weighted by molar-refractivity contribution is -0.177. The Morgan fingerprint density at radius 1 is 1.00 bits per heavy atom. The third-order valence-corrected chi connectivity index (χ3v) is 7.10. The van der Waals surface area contributed by atoms with Crippen LogP contribution in [0.2, 0.25) is 0 Å². The number of esters is 1. The maximum atomic E-state index is 12.6. The number of ether oxygens (including phenoxy) is 2. The molecule has 5 rings (SSSR count). The van der Waals surface area contributed by atoms with Gasteiger partial charge in [0.1, 0.15) is 11.9 Å². The van der Waals surface area contributed by atoms with Gasteiger partial charge in [0.15, 0.2) is 6.10 Å². The summed E-state index contributed by atoms with van der Waals surface area (Å²) in [5, 5.41) is 0. The second-order valence-electron chi connectivity index (χ2n) is 8.97. The van der Waals surface area contributed by atoms with Crippen LogP contribution in [-0.2, 0) is 9.53 Å². The first-order chi connectivity index (χ1) is 12.5. The number of hydrogen-bond acceptors (Lipinski definition) is 3. The summed E-state index contributed by atoms with van der Waals surface area (Å²) in [4.78, 5) is 12.6. The molecular formula is C23H32O3. The van der Waals surface area contributed by atoms with Gasteiger partial charge in [0.2, 0.25) is 0 Å². The number of carbonyl (C=O) groups is 1. The summed E-state index contributed by atoms with van der Waals surface area (Å²) in [5.41, 5.74) is 1.31. The minimum Gasteiger partial charge on any atom is -0.479 e. The van der Waals surface area contributed by atoms with Gasteiger partial charge in [-0.15, -0.1) is 0 Å². The topological polar surface area (TPSA) is 35.5 Å². The maximum absolute atomic E-state index is 12.6. The maximum Gasteiger partial charge on any atom is 0.347 e. The van der Waals surface area contributed by atoms with Crippen molar-refractivity contribution in [1.82, 2.24) is 0 Å². The fourth-order valence-corrected chi connectivity index (χ4v) is 5.66. The van der Waals surface area contributed by atoms with Gasteiger partial charge in [-0.3, -0.25) is 0 Å². The molecule has 2 atom stereocenters. The quantitative estimate of drug-likeness (QED) is 0.646. The Balaban J connectivity index is 1.33. The van der Waals surface area contributed by atoms with Gasteiger partial charge in [0, 0.05) is 0 Å². The van der Waals surface area contributed by atoms with Crippen molar-refractivity contribution in [3.8, 4) is 5.75 Å². The molecule has 4 aliphatic carbocycles. The fourth-order valence-electron chi connectivity index (χ4n) is 5.66. The van der Waals surface area contributed by atoms with E-state index >= 15 is 0 Å². The first-order valence-electron chi connectivity index (χ1n) is 10.5. The van der Waals surface area contributed by atoms with Crippen LogP contribution in [0, 0.1) is 23.7 Å². The van der Waals surface area contributed by atoms with Crippen molar-refractivity contribution in [2.24, 2.45) is 23.7 Å². The summed E-state index contributed by atoms with van der Waals surface area (Å²) in [7, 11) is 0. The van der Waals surface area contributed by atoms with Crippen LogP contribution < -0.4 is 4.74 Å². The molecule has 0 aromatic heterocycles. The zero-order valence-corrected chi connectivity index (χ0v) is 16.3. The van der Waals surface area contributed by atoms with Crippen LogP contribution in [0.4, 0.5) is 0 Å². The van der Waals surface area contributed by atoms with Gasteiger partial charge in [-0.05, 0) is 92.7 Å². The lowest BCUT2D eigenvalue weighted by Crippen LogP contribution is -2.50. The predicted molar refractivity (Wildman–Crippen MR) is 102 cm³/mol. The number of carbonyl (C=O) groups excluding carboxylic acids is 1. The Hall–Kier alpha value is -1.51. The zero-order chi connectivity index (χ0) is 18.3. The highest BCUT2D eigenvalue weighted by atomic mass is 16.6. The molecule has 0 heterocycles. The third kappa shape index (κ3) is 3.50. The van der Waals surface area contributed by atoms with Crippen molar-refractivity contribution in [1.29, 1.82) is 0 Å². The molecule has 4 fully saturated rings. The molecule has 0 aliphatic heterocycles. The molecule has 1 aromatic rings. The lowest BCUT2D eigenvalue weighted by atomic mass is 9.55. The minimum atomic E-state index is -0.554. The Bertz CT molecular complexity index is 607. The largest absolute Gasteiger partial charge is 0.479 e. The third-order valence-electron chi connectivity index (χ3n) is 7.10. The molecule has 4 saturated carbocycles. The molecule has 0 spiro atoms. The number of rotatable bonds is 6. The molecule has 3 heteroatoms. The summed E-state index contributed by atoms with van der Waals surface area (Å²) in [6.45, 7) is 6.22. The highest BCUT2D eigenvalue weighted by Gasteiger charge is 2.50. The van der Waals surface area contributed by atoms with Crippen molar-refractivity contribution in [3.63, 3.8) is 0 Å². The van der Waals surface area contributed by atoms with E-state index in [0.29, 0.717) is 17.8 Å². The van der Waals surface area contributed by atoms with Gasteiger partial charge < -0.3 is 9.47 Å². The number of hydrogen-bond donors (Lipinski definition) is 0. The molecule has 2 unspecified atom stereocenters.